The van der Waals surface area contributed by atoms with E-state index in [-0.39, 0.29) is 11.9 Å². The van der Waals surface area contributed by atoms with E-state index in [1.165, 1.54) is 5.56 Å². The van der Waals surface area contributed by atoms with Gasteiger partial charge in [-0.1, -0.05) is 48.0 Å². The van der Waals surface area contributed by atoms with Crippen LogP contribution >= 0.6 is 11.6 Å². The number of amides is 1. The molecule has 1 aromatic carbocycles. The first-order chi connectivity index (χ1) is 9.15. The molecule has 2 rings (SSSR count). The zero-order valence-electron chi connectivity index (χ0n) is 10.6. The van der Waals surface area contributed by atoms with Crippen molar-refractivity contribution in [2.45, 2.75) is 19.4 Å². The van der Waals surface area contributed by atoms with Crippen LogP contribution in [0.2, 0.25) is 5.15 Å². The molecule has 0 aliphatic rings. The van der Waals surface area contributed by atoms with E-state index in [2.05, 4.69) is 10.3 Å². The van der Waals surface area contributed by atoms with E-state index in [1.807, 2.05) is 37.3 Å². The van der Waals surface area contributed by atoms with Gasteiger partial charge in [-0.15, -0.1) is 0 Å². The van der Waals surface area contributed by atoms with Crippen molar-refractivity contribution in [3.05, 3.63) is 64.9 Å². The first kappa shape index (κ1) is 13.6. The number of halogens is 1. The van der Waals surface area contributed by atoms with E-state index >= 15 is 0 Å². The number of hydrogen-bond acceptors (Lipinski definition) is 2. The Labute approximate surface area is 117 Å². The fourth-order valence-electron chi connectivity index (χ4n) is 1.85. The zero-order chi connectivity index (χ0) is 13.7. The monoisotopic (exact) mass is 274 g/mol. The molecular formula is C15H15ClN2O. The summed E-state index contributed by atoms with van der Waals surface area (Å²) >= 11 is 5.76. The Morgan fingerprint density at radius 2 is 1.95 bits per heavy atom. The van der Waals surface area contributed by atoms with Crippen molar-refractivity contribution >= 4 is 17.5 Å². The highest BCUT2D eigenvalue weighted by Crippen LogP contribution is 2.06. The Morgan fingerprint density at radius 1 is 1.21 bits per heavy atom. The molecule has 0 saturated heterocycles. The third-order valence-corrected chi connectivity index (χ3v) is 2.92. The van der Waals surface area contributed by atoms with Crippen LogP contribution in [-0.2, 0) is 6.42 Å². The van der Waals surface area contributed by atoms with Gasteiger partial charge in [0.25, 0.3) is 5.91 Å². The molecule has 2 aromatic rings. The fourth-order valence-corrected chi connectivity index (χ4v) is 2.01. The standard InChI is InChI=1S/C15H15ClN2O/c1-11(10-12-6-3-2-4-7-12)17-15(19)13-8-5-9-14(16)18-13/h2-9,11H,10H2,1H3,(H,17,19). The van der Waals surface area contributed by atoms with Gasteiger partial charge in [-0.2, -0.15) is 0 Å². The second-order valence-corrected chi connectivity index (χ2v) is 4.80. The van der Waals surface area contributed by atoms with Crippen molar-refractivity contribution in [2.24, 2.45) is 0 Å². The smallest absolute Gasteiger partial charge is 0.270 e. The third-order valence-electron chi connectivity index (χ3n) is 2.71. The molecule has 1 atom stereocenters. The van der Waals surface area contributed by atoms with Gasteiger partial charge < -0.3 is 5.32 Å². The van der Waals surface area contributed by atoms with Gasteiger partial charge in [-0.3, -0.25) is 4.79 Å². The van der Waals surface area contributed by atoms with Gasteiger partial charge in [0.15, 0.2) is 0 Å². The van der Waals surface area contributed by atoms with Crippen LogP contribution in [0, 0.1) is 0 Å². The summed E-state index contributed by atoms with van der Waals surface area (Å²) in [6.45, 7) is 1.97. The van der Waals surface area contributed by atoms with Crippen molar-refractivity contribution in [3.8, 4) is 0 Å². The van der Waals surface area contributed by atoms with Gasteiger partial charge in [0.2, 0.25) is 0 Å². The summed E-state index contributed by atoms with van der Waals surface area (Å²) in [5.74, 6) is -0.203. The Kier molecular flexibility index (Phi) is 4.53. The minimum atomic E-state index is -0.203. The molecule has 0 fully saturated rings. The molecule has 0 aliphatic carbocycles. The Morgan fingerprint density at radius 3 is 2.63 bits per heavy atom. The quantitative estimate of drug-likeness (QED) is 0.871. The summed E-state index contributed by atoms with van der Waals surface area (Å²) < 4.78 is 0. The lowest BCUT2D eigenvalue weighted by molar-refractivity contribution is 0.0935. The van der Waals surface area contributed by atoms with E-state index in [1.54, 1.807) is 18.2 Å². The molecule has 1 aromatic heterocycles. The van der Waals surface area contributed by atoms with Gasteiger partial charge in [-0.05, 0) is 31.0 Å². The number of hydrogen-bond donors (Lipinski definition) is 1. The number of nitrogens with one attached hydrogen (secondary N) is 1. The molecule has 1 amide bonds. The van der Waals surface area contributed by atoms with Gasteiger partial charge in [0.05, 0.1) is 0 Å². The minimum Gasteiger partial charge on any atom is -0.348 e. The van der Waals surface area contributed by atoms with E-state index in [4.69, 9.17) is 11.6 Å². The number of nitrogens with zero attached hydrogens (tertiary/aromatic N) is 1. The average molecular weight is 275 g/mol. The van der Waals surface area contributed by atoms with E-state index in [0.29, 0.717) is 10.8 Å². The van der Waals surface area contributed by atoms with Crippen LogP contribution in [0.1, 0.15) is 23.0 Å². The zero-order valence-corrected chi connectivity index (χ0v) is 11.4. The molecular weight excluding hydrogens is 260 g/mol. The summed E-state index contributed by atoms with van der Waals surface area (Å²) in [6.07, 6.45) is 0.785. The minimum absolute atomic E-state index is 0.0377. The SMILES string of the molecule is CC(Cc1ccccc1)NC(=O)c1cccc(Cl)n1. The normalized spacial score (nSPS) is 11.9. The molecule has 98 valence electrons. The lowest BCUT2D eigenvalue weighted by Gasteiger charge is -2.13. The van der Waals surface area contributed by atoms with Crippen molar-refractivity contribution in [2.75, 3.05) is 0 Å². The van der Waals surface area contributed by atoms with Crippen LogP contribution in [0.25, 0.3) is 0 Å². The summed E-state index contributed by atoms with van der Waals surface area (Å²) in [6, 6.07) is 15.1. The summed E-state index contributed by atoms with van der Waals surface area (Å²) in [7, 11) is 0. The number of benzene rings is 1. The lowest BCUT2D eigenvalue weighted by Crippen LogP contribution is -2.34. The molecule has 0 bridgehead atoms. The molecule has 0 radical (unpaired) electrons. The molecule has 1 N–H and O–H groups in total. The van der Waals surface area contributed by atoms with Crippen LogP contribution in [0.5, 0.6) is 0 Å². The van der Waals surface area contributed by atoms with Crippen LogP contribution in [0.15, 0.2) is 48.5 Å². The third kappa shape index (κ3) is 4.07. The van der Waals surface area contributed by atoms with Crippen LogP contribution in [0.3, 0.4) is 0 Å². The van der Waals surface area contributed by atoms with Gasteiger partial charge in [-0.25, -0.2) is 4.98 Å². The Hall–Kier alpha value is -1.87. The number of rotatable bonds is 4. The van der Waals surface area contributed by atoms with Gasteiger partial charge >= 0.3 is 0 Å². The molecule has 0 aliphatic heterocycles. The fraction of sp³-hybridized carbons (Fsp3) is 0.200. The first-order valence-corrected chi connectivity index (χ1v) is 6.50. The van der Waals surface area contributed by atoms with Crippen molar-refractivity contribution in [3.63, 3.8) is 0 Å². The average Bonchev–Trinajstić information content (AvgIpc) is 2.39. The molecule has 19 heavy (non-hydrogen) atoms. The summed E-state index contributed by atoms with van der Waals surface area (Å²) in [5.41, 5.74) is 1.53. The summed E-state index contributed by atoms with van der Waals surface area (Å²) in [4.78, 5) is 16.0. The highest BCUT2D eigenvalue weighted by Gasteiger charge is 2.11. The first-order valence-electron chi connectivity index (χ1n) is 6.12. The van der Waals surface area contributed by atoms with Crippen LogP contribution in [-0.4, -0.2) is 16.9 Å². The number of aromatic nitrogens is 1. The maximum atomic E-state index is 12.0. The predicted molar refractivity (Wildman–Crippen MR) is 76.3 cm³/mol. The Balaban J connectivity index is 1.95. The largest absolute Gasteiger partial charge is 0.348 e. The molecule has 1 heterocycles. The lowest BCUT2D eigenvalue weighted by atomic mass is 10.1. The van der Waals surface area contributed by atoms with Crippen molar-refractivity contribution in [1.82, 2.24) is 10.3 Å². The van der Waals surface area contributed by atoms with E-state index in [9.17, 15) is 4.79 Å². The Bertz CT molecular complexity index is 557. The topological polar surface area (TPSA) is 42.0 Å². The highest BCUT2D eigenvalue weighted by atomic mass is 35.5. The molecule has 0 spiro atoms. The molecule has 0 saturated carbocycles. The molecule has 3 nitrogen and oxygen atoms in total. The highest BCUT2D eigenvalue weighted by molar-refractivity contribution is 6.29. The maximum absolute atomic E-state index is 12.0. The predicted octanol–water partition coefficient (Wildman–Crippen LogP) is 3.10. The number of carbonyl (C=O) groups is 1. The van der Waals surface area contributed by atoms with E-state index < -0.39 is 0 Å². The van der Waals surface area contributed by atoms with Crippen molar-refractivity contribution in [1.29, 1.82) is 0 Å². The second-order valence-electron chi connectivity index (χ2n) is 4.41. The van der Waals surface area contributed by atoms with Crippen molar-refractivity contribution < 1.29 is 4.79 Å². The van der Waals surface area contributed by atoms with Gasteiger partial charge in [0, 0.05) is 6.04 Å². The van der Waals surface area contributed by atoms with Crippen LogP contribution < -0.4 is 5.32 Å². The summed E-state index contributed by atoms with van der Waals surface area (Å²) in [5, 5.41) is 3.23. The number of carbonyl (C=O) groups excluding carboxylic acids is 1. The maximum Gasteiger partial charge on any atom is 0.270 e. The number of pyridine rings is 1. The van der Waals surface area contributed by atoms with Crippen LogP contribution in [0.4, 0.5) is 0 Å². The molecule has 1 unspecified atom stereocenters. The molecule has 4 heteroatoms. The second kappa shape index (κ2) is 6.34. The van der Waals surface area contributed by atoms with Gasteiger partial charge in [0.1, 0.15) is 10.8 Å². The van der Waals surface area contributed by atoms with E-state index in [0.717, 1.165) is 6.42 Å².